The van der Waals surface area contributed by atoms with E-state index in [1.54, 1.807) is 0 Å². The molecule has 0 saturated carbocycles. The van der Waals surface area contributed by atoms with Crippen molar-refractivity contribution in [3.8, 4) is 11.1 Å². The number of fused-ring (bicyclic) bond motifs is 8. The molecule has 0 aliphatic heterocycles. The van der Waals surface area contributed by atoms with Gasteiger partial charge in [-0.05, 0) is 83.2 Å². The Labute approximate surface area is 269 Å². The molecule has 0 amide bonds. The predicted molar refractivity (Wildman–Crippen MR) is 193 cm³/mol. The summed E-state index contributed by atoms with van der Waals surface area (Å²) in [6, 6.07) is 66.2. The number of nitrogens with zero attached hydrogens (tertiary/aromatic N) is 2. The molecule has 9 rings (SSSR count). The fraction of sp³-hybridized carbons (Fsp3) is 0. The molecule has 0 fully saturated rings. The lowest BCUT2D eigenvalue weighted by molar-refractivity contribution is 1.24. The molecule has 2 aromatic heterocycles. The summed E-state index contributed by atoms with van der Waals surface area (Å²) in [5, 5.41) is 3.65. The molecule has 0 aliphatic rings. The number of pyridine rings is 1. The van der Waals surface area contributed by atoms with Crippen LogP contribution in [0.1, 0.15) is 0 Å². The normalized spacial score (nSPS) is 12.3. The van der Waals surface area contributed by atoms with Gasteiger partial charge in [0.2, 0.25) is 0 Å². The van der Waals surface area contributed by atoms with Crippen LogP contribution in [0, 0.1) is 0 Å². The number of imidazole rings is 1. The molecule has 0 aliphatic carbocycles. The Bertz CT molecular complexity index is 2410. The van der Waals surface area contributed by atoms with Gasteiger partial charge in [0.1, 0.15) is 5.65 Å². The van der Waals surface area contributed by atoms with E-state index < -0.39 is 10.0 Å². The van der Waals surface area contributed by atoms with Crippen LogP contribution in [0.15, 0.2) is 202 Å². The second-order valence-corrected chi connectivity index (χ2v) is 14.7. The summed E-state index contributed by atoms with van der Waals surface area (Å²) in [6.45, 7) is 0. The molecule has 0 radical (unpaired) electrons. The van der Waals surface area contributed by atoms with Crippen LogP contribution in [0.4, 0.5) is 0 Å². The Morgan fingerprint density at radius 3 is 1.46 bits per heavy atom. The molecule has 0 spiro atoms. The Balaban J connectivity index is 1.22. The summed E-state index contributed by atoms with van der Waals surface area (Å²) in [7, 11) is -1.72. The standard InChI is InChI=1S/C43H30N2S/c1-4-14-33(15-5-1)46(34-16-6-2-7-17-34,35-18-8-3-9-19-35)36-27-24-31(25-28-36)32-26-29-42-40(30-32)44-43-39-22-11-10-20-37(39)38-21-12-13-23-41(38)45(42)43/h1-30H. The number of benzene rings is 7. The average molecular weight is 607 g/mol. The molecule has 7 aromatic carbocycles. The van der Waals surface area contributed by atoms with Crippen LogP contribution in [0.5, 0.6) is 0 Å². The predicted octanol–water partition coefficient (Wildman–Crippen LogP) is 11.8. The smallest absolute Gasteiger partial charge is 0.146 e. The monoisotopic (exact) mass is 606 g/mol. The number of aromatic nitrogens is 2. The third kappa shape index (κ3) is 4.02. The van der Waals surface area contributed by atoms with Crippen LogP contribution >= 0.6 is 10.0 Å². The number of hydrogen-bond acceptors (Lipinski definition) is 1. The van der Waals surface area contributed by atoms with Gasteiger partial charge in [0, 0.05) is 30.4 Å². The minimum absolute atomic E-state index is 0.999. The van der Waals surface area contributed by atoms with Gasteiger partial charge in [-0.25, -0.2) is 4.98 Å². The molecule has 3 heteroatoms. The first-order chi connectivity index (χ1) is 22.8. The van der Waals surface area contributed by atoms with Crippen LogP contribution in [-0.4, -0.2) is 9.38 Å². The van der Waals surface area contributed by atoms with Gasteiger partial charge in [0.05, 0.1) is 16.6 Å². The van der Waals surface area contributed by atoms with Crippen molar-refractivity contribution in [3.63, 3.8) is 0 Å². The zero-order valence-electron chi connectivity index (χ0n) is 25.1. The Morgan fingerprint density at radius 1 is 0.370 bits per heavy atom. The van der Waals surface area contributed by atoms with E-state index in [4.69, 9.17) is 4.98 Å². The van der Waals surface area contributed by atoms with Crippen molar-refractivity contribution in [2.45, 2.75) is 19.6 Å². The van der Waals surface area contributed by atoms with E-state index in [0.29, 0.717) is 0 Å². The van der Waals surface area contributed by atoms with Gasteiger partial charge >= 0.3 is 0 Å². The van der Waals surface area contributed by atoms with E-state index in [9.17, 15) is 0 Å². The maximum atomic E-state index is 5.22. The molecule has 2 heterocycles. The number of hydrogen-bond donors (Lipinski definition) is 0. The summed E-state index contributed by atoms with van der Waals surface area (Å²) in [4.78, 5) is 10.5. The fourth-order valence-electron chi connectivity index (χ4n) is 7.04. The molecule has 0 saturated heterocycles. The SMILES string of the molecule is c1ccc(S(c2ccccc2)(c2ccccc2)c2ccc(-c3ccc4c(c3)nc3c5ccccc5c5ccccc5n43)cc2)cc1. The van der Waals surface area contributed by atoms with E-state index >= 15 is 0 Å². The van der Waals surface area contributed by atoms with E-state index in [1.807, 2.05) is 0 Å². The maximum absolute atomic E-state index is 5.22. The third-order valence-corrected chi connectivity index (χ3v) is 13.0. The first-order valence-corrected chi connectivity index (χ1v) is 17.3. The van der Waals surface area contributed by atoms with Gasteiger partial charge in [-0.15, -0.1) is 10.0 Å². The van der Waals surface area contributed by atoms with Crippen molar-refractivity contribution in [1.82, 2.24) is 9.38 Å². The molecule has 2 nitrogen and oxygen atoms in total. The molecule has 46 heavy (non-hydrogen) atoms. The van der Waals surface area contributed by atoms with E-state index in [2.05, 4.69) is 186 Å². The maximum Gasteiger partial charge on any atom is 0.146 e. The largest absolute Gasteiger partial charge is 0.292 e. The van der Waals surface area contributed by atoms with Crippen LogP contribution in [0.25, 0.3) is 49.5 Å². The van der Waals surface area contributed by atoms with Crippen LogP contribution in [-0.2, 0) is 0 Å². The van der Waals surface area contributed by atoms with Gasteiger partial charge < -0.3 is 0 Å². The van der Waals surface area contributed by atoms with Crippen molar-refractivity contribution in [2.75, 3.05) is 0 Å². The fourth-order valence-corrected chi connectivity index (χ4v) is 10.9. The van der Waals surface area contributed by atoms with Crippen LogP contribution in [0.3, 0.4) is 0 Å². The first-order valence-electron chi connectivity index (χ1n) is 15.6. The number of para-hydroxylation sites is 1. The lowest BCUT2D eigenvalue weighted by Crippen LogP contribution is -2.05. The molecule has 0 unspecified atom stereocenters. The van der Waals surface area contributed by atoms with Gasteiger partial charge in [-0.1, -0.05) is 115 Å². The zero-order chi connectivity index (χ0) is 30.5. The highest BCUT2D eigenvalue weighted by Gasteiger charge is 2.33. The Kier molecular flexibility index (Phi) is 6.25. The highest BCUT2D eigenvalue weighted by atomic mass is 32.3. The third-order valence-electron chi connectivity index (χ3n) is 9.09. The lowest BCUT2D eigenvalue weighted by Gasteiger charge is -2.42. The number of rotatable bonds is 5. The minimum Gasteiger partial charge on any atom is -0.292 e. The first kappa shape index (κ1) is 26.7. The van der Waals surface area contributed by atoms with E-state index in [-0.39, 0.29) is 0 Å². The summed E-state index contributed by atoms with van der Waals surface area (Å²) in [6.07, 6.45) is 0. The minimum atomic E-state index is -1.72. The quantitative estimate of drug-likeness (QED) is 0.178. The topological polar surface area (TPSA) is 17.3 Å². The summed E-state index contributed by atoms with van der Waals surface area (Å²) in [5.74, 6) is 0. The second kappa shape index (κ2) is 10.8. The van der Waals surface area contributed by atoms with Gasteiger partial charge in [-0.3, -0.25) is 4.40 Å². The Hall–Kier alpha value is -5.64. The van der Waals surface area contributed by atoms with E-state index in [1.165, 1.54) is 46.8 Å². The zero-order valence-corrected chi connectivity index (χ0v) is 25.9. The van der Waals surface area contributed by atoms with Crippen molar-refractivity contribution < 1.29 is 0 Å². The summed E-state index contributed by atoms with van der Waals surface area (Å²) in [5.41, 5.74) is 6.64. The van der Waals surface area contributed by atoms with Crippen molar-refractivity contribution in [2.24, 2.45) is 0 Å². The molecular weight excluding hydrogens is 577 g/mol. The molecular formula is C43H30N2S. The Morgan fingerprint density at radius 2 is 0.848 bits per heavy atom. The van der Waals surface area contributed by atoms with E-state index in [0.717, 1.165) is 22.2 Å². The molecule has 0 atom stereocenters. The van der Waals surface area contributed by atoms with Crippen LogP contribution < -0.4 is 0 Å². The van der Waals surface area contributed by atoms with Gasteiger partial charge in [0.25, 0.3) is 0 Å². The highest BCUT2D eigenvalue weighted by molar-refractivity contribution is 8.34. The van der Waals surface area contributed by atoms with Gasteiger partial charge in [-0.2, -0.15) is 0 Å². The van der Waals surface area contributed by atoms with Gasteiger partial charge in [0.15, 0.2) is 0 Å². The second-order valence-electron chi connectivity index (χ2n) is 11.6. The molecule has 218 valence electrons. The molecule has 0 bridgehead atoms. The van der Waals surface area contributed by atoms with Crippen molar-refractivity contribution in [1.29, 1.82) is 0 Å². The molecule has 0 N–H and O–H groups in total. The highest BCUT2D eigenvalue weighted by Crippen LogP contribution is 2.73. The summed E-state index contributed by atoms with van der Waals surface area (Å²) < 4.78 is 2.32. The van der Waals surface area contributed by atoms with Crippen LogP contribution in [0.2, 0.25) is 0 Å². The summed E-state index contributed by atoms with van der Waals surface area (Å²) >= 11 is 0. The lowest BCUT2D eigenvalue weighted by atomic mass is 10.0. The molecule has 9 aromatic rings. The van der Waals surface area contributed by atoms with Crippen molar-refractivity contribution >= 4 is 48.4 Å². The average Bonchev–Trinajstić information content (AvgIpc) is 3.53. The van der Waals surface area contributed by atoms with Crippen molar-refractivity contribution in [3.05, 3.63) is 182 Å².